The number of oxazole rings is 1. The van der Waals surface area contributed by atoms with Crippen molar-refractivity contribution in [2.75, 3.05) is 6.54 Å². The molecule has 0 fully saturated rings. The van der Waals surface area contributed by atoms with Crippen molar-refractivity contribution in [3.63, 3.8) is 0 Å². The van der Waals surface area contributed by atoms with Crippen molar-refractivity contribution in [1.82, 2.24) is 10.3 Å². The summed E-state index contributed by atoms with van der Waals surface area (Å²) in [6, 6.07) is 6.29. The normalized spacial score (nSPS) is 10.7. The molecule has 0 saturated carbocycles. The Bertz CT molecular complexity index is 637. The topological polar surface area (TPSA) is 55.1 Å². The largest absolute Gasteiger partial charge is 0.441 e. The van der Waals surface area contributed by atoms with Gasteiger partial charge in [-0.3, -0.25) is 4.79 Å². The van der Waals surface area contributed by atoms with E-state index >= 15 is 0 Å². The second kappa shape index (κ2) is 7.73. The molecule has 0 spiro atoms. The van der Waals surface area contributed by atoms with E-state index in [0.29, 0.717) is 23.6 Å². The lowest BCUT2D eigenvalue weighted by molar-refractivity contribution is -0.120. The van der Waals surface area contributed by atoms with E-state index in [1.54, 1.807) is 25.1 Å². The zero-order valence-corrected chi connectivity index (χ0v) is 13.0. The Balaban J connectivity index is 2.01. The van der Waals surface area contributed by atoms with Crippen molar-refractivity contribution in [3.8, 4) is 11.5 Å². The molecule has 0 aliphatic heterocycles. The molecular weight excluding hydrogens is 283 g/mol. The first-order valence-electron chi connectivity index (χ1n) is 7.59. The number of amides is 1. The van der Waals surface area contributed by atoms with Gasteiger partial charge in [0, 0.05) is 6.54 Å². The number of halogens is 1. The van der Waals surface area contributed by atoms with Crippen molar-refractivity contribution in [1.29, 1.82) is 0 Å². The first-order valence-corrected chi connectivity index (χ1v) is 7.59. The van der Waals surface area contributed by atoms with Crippen molar-refractivity contribution in [2.24, 2.45) is 0 Å². The SMILES string of the molecule is CCCCCNC(=O)Cc1nc(-c2ccccc2F)oc1C. The molecule has 2 aromatic rings. The van der Waals surface area contributed by atoms with Gasteiger partial charge in [0.25, 0.3) is 0 Å². The Morgan fingerprint density at radius 2 is 2.09 bits per heavy atom. The molecule has 4 nitrogen and oxygen atoms in total. The van der Waals surface area contributed by atoms with E-state index < -0.39 is 0 Å². The van der Waals surface area contributed by atoms with Crippen LogP contribution in [0, 0.1) is 12.7 Å². The molecule has 0 atom stereocenters. The number of carbonyl (C=O) groups excluding carboxylic acids is 1. The van der Waals surface area contributed by atoms with Crippen molar-refractivity contribution in [3.05, 3.63) is 41.5 Å². The van der Waals surface area contributed by atoms with Gasteiger partial charge in [-0.1, -0.05) is 31.9 Å². The highest BCUT2D eigenvalue weighted by Crippen LogP contribution is 2.24. The molecule has 0 saturated heterocycles. The molecule has 2 rings (SSSR count). The molecule has 118 valence electrons. The molecule has 1 aromatic heterocycles. The van der Waals surface area contributed by atoms with Gasteiger partial charge in [-0.15, -0.1) is 0 Å². The fourth-order valence-corrected chi connectivity index (χ4v) is 2.16. The highest BCUT2D eigenvalue weighted by Gasteiger charge is 2.16. The van der Waals surface area contributed by atoms with Gasteiger partial charge in [0.05, 0.1) is 17.7 Å². The van der Waals surface area contributed by atoms with Crippen molar-refractivity contribution >= 4 is 5.91 Å². The van der Waals surface area contributed by atoms with Gasteiger partial charge < -0.3 is 9.73 Å². The highest BCUT2D eigenvalue weighted by molar-refractivity contribution is 5.78. The van der Waals surface area contributed by atoms with Gasteiger partial charge in [-0.2, -0.15) is 0 Å². The van der Waals surface area contributed by atoms with Crippen molar-refractivity contribution in [2.45, 2.75) is 39.5 Å². The first kappa shape index (κ1) is 16.2. The molecule has 1 N–H and O–H groups in total. The summed E-state index contributed by atoms with van der Waals surface area (Å²) in [4.78, 5) is 16.1. The number of carbonyl (C=O) groups is 1. The third kappa shape index (κ3) is 4.16. The third-order valence-electron chi connectivity index (χ3n) is 3.43. The van der Waals surface area contributed by atoms with Crippen LogP contribution in [-0.4, -0.2) is 17.4 Å². The maximum atomic E-state index is 13.7. The Labute approximate surface area is 129 Å². The lowest BCUT2D eigenvalue weighted by Gasteiger charge is -2.03. The molecule has 22 heavy (non-hydrogen) atoms. The van der Waals surface area contributed by atoms with E-state index in [2.05, 4.69) is 17.2 Å². The average Bonchev–Trinajstić information content (AvgIpc) is 2.85. The minimum atomic E-state index is -0.390. The van der Waals surface area contributed by atoms with Crippen LogP contribution < -0.4 is 5.32 Å². The zero-order valence-electron chi connectivity index (χ0n) is 13.0. The molecule has 0 radical (unpaired) electrons. The lowest BCUT2D eigenvalue weighted by atomic mass is 10.2. The summed E-state index contributed by atoms with van der Waals surface area (Å²) in [7, 11) is 0. The molecule has 0 bridgehead atoms. The predicted octanol–water partition coefficient (Wildman–Crippen LogP) is 3.64. The molecular formula is C17H21FN2O2. The van der Waals surface area contributed by atoms with Crippen LogP contribution >= 0.6 is 0 Å². The van der Waals surface area contributed by atoms with Gasteiger partial charge in [0.15, 0.2) is 0 Å². The number of hydrogen-bond donors (Lipinski definition) is 1. The van der Waals surface area contributed by atoms with E-state index in [1.807, 2.05) is 0 Å². The molecule has 1 amide bonds. The standard InChI is InChI=1S/C17H21FN2O2/c1-3-4-7-10-19-16(21)11-15-12(2)22-17(20-15)13-8-5-6-9-14(13)18/h5-6,8-9H,3-4,7,10-11H2,1-2H3,(H,19,21). The maximum Gasteiger partial charge on any atom is 0.229 e. The maximum absolute atomic E-state index is 13.7. The highest BCUT2D eigenvalue weighted by atomic mass is 19.1. The molecule has 1 aromatic carbocycles. The van der Waals surface area contributed by atoms with Crippen LogP contribution in [0.25, 0.3) is 11.5 Å². The van der Waals surface area contributed by atoms with E-state index in [0.717, 1.165) is 19.3 Å². The smallest absolute Gasteiger partial charge is 0.229 e. The summed E-state index contributed by atoms with van der Waals surface area (Å²) in [5.74, 6) is 0.276. The van der Waals surface area contributed by atoms with E-state index in [1.165, 1.54) is 6.07 Å². The molecule has 5 heteroatoms. The van der Waals surface area contributed by atoms with E-state index in [9.17, 15) is 9.18 Å². The minimum absolute atomic E-state index is 0.0902. The van der Waals surface area contributed by atoms with Crippen LogP contribution in [0.3, 0.4) is 0 Å². The molecule has 0 unspecified atom stereocenters. The number of aromatic nitrogens is 1. The van der Waals surface area contributed by atoms with Gasteiger partial charge >= 0.3 is 0 Å². The van der Waals surface area contributed by atoms with Gasteiger partial charge in [0.2, 0.25) is 11.8 Å². The zero-order chi connectivity index (χ0) is 15.9. The minimum Gasteiger partial charge on any atom is -0.441 e. The Morgan fingerprint density at radius 1 is 1.32 bits per heavy atom. The summed E-state index contributed by atoms with van der Waals surface area (Å²) >= 11 is 0. The second-order valence-corrected chi connectivity index (χ2v) is 5.24. The van der Waals surface area contributed by atoms with Crippen molar-refractivity contribution < 1.29 is 13.6 Å². The summed E-state index contributed by atoms with van der Waals surface area (Å²) < 4.78 is 19.2. The Morgan fingerprint density at radius 3 is 2.82 bits per heavy atom. The quantitative estimate of drug-likeness (QED) is 0.795. The van der Waals surface area contributed by atoms with E-state index in [4.69, 9.17) is 4.42 Å². The van der Waals surface area contributed by atoms with Gasteiger partial charge in [-0.05, 0) is 25.5 Å². The molecule has 0 aliphatic carbocycles. The Hall–Kier alpha value is -2.17. The number of hydrogen-bond acceptors (Lipinski definition) is 3. The number of rotatable bonds is 7. The lowest BCUT2D eigenvalue weighted by Crippen LogP contribution is -2.26. The van der Waals surface area contributed by atoms with Crippen LogP contribution in [0.2, 0.25) is 0 Å². The average molecular weight is 304 g/mol. The molecule has 0 aliphatic rings. The van der Waals surface area contributed by atoms with Crippen LogP contribution in [0.1, 0.15) is 37.6 Å². The number of aryl methyl sites for hydroxylation is 1. The number of nitrogens with zero attached hydrogens (tertiary/aromatic N) is 1. The monoisotopic (exact) mass is 304 g/mol. The summed E-state index contributed by atoms with van der Waals surface area (Å²) in [5, 5.41) is 2.86. The predicted molar refractivity (Wildman–Crippen MR) is 82.9 cm³/mol. The van der Waals surface area contributed by atoms with Crippen LogP contribution in [0.15, 0.2) is 28.7 Å². The van der Waals surface area contributed by atoms with Crippen LogP contribution in [0.5, 0.6) is 0 Å². The summed E-state index contributed by atoms with van der Waals surface area (Å²) in [6.45, 7) is 4.52. The summed E-state index contributed by atoms with van der Waals surface area (Å²) in [5.41, 5.74) is 0.853. The van der Waals surface area contributed by atoms with Gasteiger partial charge in [-0.25, -0.2) is 9.37 Å². The number of benzene rings is 1. The fourth-order valence-electron chi connectivity index (χ4n) is 2.16. The Kier molecular flexibility index (Phi) is 5.69. The fraction of sp³-hybridized carbons (Fsp3) is 0.412. The van der Waals surface area contributed by atoms with Crippen LogP contribution in [0.4, 0.5) is 4.39 Å². The first-order chi connectivity index (χ1) is 10.6. The molecule has 1 heterocycles. The summed E-state index contributed by atoms with van der Waals surface area (Å²) in [6.07, 6.45) is 3.33. The van der Waals surface area contributed by atoms with E-state index in [-0.39, 0.29) is 24.0 Å². The number of unbranched alkanes of at least 4 members (excludes halogenated alkanes) is 2. The third-order valence-corrected chi connectivity index (χ3v) is 3.43. The van der Waals surface area contributed by atoms with Gasteiger partial charge in [0.1, 0.15) is 11.6 Å². The number of nitrogens with one attached hydrogen (secondary N) is 1. The van der Waals surface area contributed by atoms with Crippen LogP contribution in [-0.2, 0) is 11.2 Å². The second-order valence-electron chi connectivity index (χ2n) is 5.24.